The van der Waals surface area contributed by atoms with Gasteiger partial charge in [-0.3, -0.25) is 9.80 Å². The average Bonchev–Trinajstić information content (AvgIpc) is 3.52. The van der Waals surface area contributed by atoms with E-state index < -0.39 is 23.5 Å². The van der Waals surface area contributed by atoms with Gasteiger partial charge in [-0.25, -0.2) is 0 Å². The van der Waals surface area contributed by atoms with Gasteiger partial charge in [0.2, 0.25) is 0 Å². The van der Waals surface area contributed by atoms with Gasteiger partial charge in [-0.05, 0) is 72.5 Å². The zero-order valence-electron chi connectivity index (χ0n) is 29.2. The number of ether oxygens (including phenoxy) is 3. The molecule has 0 amide bonds. The topological polar surface area (TPSA) is 54.4 Å². The van der Waals surface area contributed by atoms with Crippen molar-refractivity contribution in [2.75, 3.05) is 51.9 Å². The van der Waals surface area contributed by atoms with Crippen molar-refractivity contribution in [3.05, 3.63) is 131 Å². The molecule has 4 aromatic rings. The fourth-order valence-electron chi connectivity index (χ4n) is 5.68. The molecule has 6 rings (SSSR count). The van der Waals surface area contributed by atoms with Crippen LogP contribution in [0.4, 0.5) is 26.3 Å². The maximum absolute atomic E-state index is 12.6. The molecular formula is C40H45ClF6N2O4. The maximum atomic E-state index is 12.6. The van der Waals surface area contributed by atoms with Crippen LogP contribution in [0, 0.1) is 0 Å². The highest BCUT2D eigenvalue weighted by Gasteiger charge is 2.31. The van der Waals surface area contributed by atoms with Gasteiger partial charge in [-0.15, -0.1) is 11.6 Å². The van der Waals surface area contributed by atoms with Gasteiger partial charge in [0.1, 0.15) is 24.2 Å². The number of nitrogens with zero attached hydrogens (tertiary/aromatic N) is 2. The Morgan fingerprint density at radius 2 is 1.06 bits per heavy atom. The Hall–Kier alpha value is -3.81. The molecule has 13 heteroatoms. The van der Waals surface area contributed by atoms with Crippen LogP contribution in [-0.2, 0) is 34.9 Å². The van der Waals surface area contributed by atoms with E-state index >= 15 is 0 Å². The summed E-state index contributed by atoms with van der Waals surface area (Å²) in [7, 11) is 0. The fraction of sp³-hybridized carbons (Fsp3) is 0.400. The normalized spacial score (nSPS) is 18.7. The molecule has 0 bridgehead atoms. The SMILES string of the molecule is ClCC1CN(Cc2ccccc2)CCCO1.FC(F)(F)c1ccc(OCC2CN(Cc3ccccc3)CCCO2)cc1.Oc1ccc(C(F)(F)F)cc1. The van der Waals surface area contributed by atoms with E-state index in [2.05, 4.69) is 52.3 Å². The summed E-state index contributed by atoms with van der Waals surface area (Å²) >= 11 is 5.87. The van der Waals surface area contributed by atoms with Crippen LogP contribution < -0.4 is 4.74 Å². The molecule has 0 saturated carbocycles. The molecular weight excluding hydrogens is 722 g/mol. The zero-order chi connectivity index (χ0) is 38.1. The summed E-state index contributed by atoms with van der Waals surface area (Å²) < 4.78 is 90.4. The summed E-state index contributed by atoms with van der Waals surface area (Å²) in [6.07, 6.45) is -6.53. The van der Waals surface area contributed by atoms with Crippen molar-refractivity contribution in [1.82, 2.24) is 9.80 Å². The lowest BCUT2D eigenvalue weighted by molar-refractivity contribution is -0.138. The Bertz CT molecular complexity index is 1580. The molecule has 2 aliphatic heterocycles. The van der Waals surface area contributed by atoms with Crippen LogP contribution in [0.25, 0.3) is 0 Å². The first-order valence-electron chi connectivity index (χ1n) is 17.4. The van der Waals surface area contributed by atoms with Crippen LogP contribution in [0.1, 0.15) is 35.1 Å². The molecule has 1 N–H and O–H groups in total. The van der Waals surface area contributed by atoms with Gasteiger partial charge in [-0.2, -0.15) is 26.3 Å². The zero-order valence-corrected chi connectivity index (χ0v) is 30.0. The predicted molar refractivity (Wildman–Crippen MR) is 193 cm³/mol. The highest BCUT2D eigenvalue weighted by Crippen LogP contribution is 2.31. The third kappa shape index (κ3) is 15.6. The van der Waals surface area contributed by atoms with Crippen LogP contribution in [0.2, 0.25) is 0 Å². The van der Waals surface area contributed by atoms with E-state index in [1.165, 1.54) is 23.3 Å². The molecule has 53 heavy (non-hydrogen) atoms. The Balaban J connectivity index is 0.000000197. The molecule has 0 radical (unpaired) electrons. The molecule has 2 atom stereocenters. The van der Waals surface area contributed by atoms with Crippen molar-refractivity contribution >= 4 is 11.6 Å². The molecule has 6 nitrogen and oxygen atoms in total. The second-order valence-electron chi connectivity index (χ2n) is 12.7. The number of benzene rings is 4. The minimum absolute atomic E-state index is 0.108. The summed E-state index contributed by atoms with van der Waals surface area (Å²) in [4.78, 5) is 4.75. The molecule has 2 aliphatic rings. The number of aromatic hydroxyl groups is 1. The summed E-state index contributed by atoms with van der Waals surface area (Å²) in [5.41, 5.74) is 1.18. The second-order valence-corrected chi connectivity index (χ2v) is 13.0. The first-order valence-corrected chi connectivity index (χ1v) is 17.9. The lowest BCUT2D eigenvalue weighted by atomic mass is 10.2. The van der Waals surface area contributed by atoms with Gasteiger partial charge in [0.15, 0.2) is 0 Å². The second kappa shape index (κ2) is 21.2. The van der Waals surface area contributed by atoms with E-state index in [0.29, 0.717) is 24.8 Å². The monoisotopic (exact) mass is 766 g/mol. The molecule has 2 heterocycles. The van der Waals surface area contributed by atoms with Crippen LogP contribution in [0.15, 0.2) is 109 Å². The van der Waals surface area contributed by atoms with Crippen molar-refractivity contribution in [3.63, 3.8) is 0 Å². The van der Waals surface area contributed by atoms with Crippen molar-refractivity contribution in [1.29, 1.82) is 0 Å². The predicted octanol–water partition coefficient (Wildman–Crippen LogP) is 9.30. The molecule has 2 unspecified atom stereocenters. The Morgan fingerprint density at radius 1 is 0.623 bits per heavy atom. The third-order valence-electron chi connectivity index (χ3n) is 8.35. The third-order valence-corrected chi connectivity index (χ3v) is 8.69. The summed E-state index contributed by atoms with van der Waals surface area (Å²) in [6.45, 7) is 7.38. The Labute approximate surface area is 311 Å². The van der Waals surface area contributed by atoms with E-state index in [1.807, 2.05) is 18.2 Å². The van der Waals surface area contributed by atoms with Crippen molar-refractivity contribution < 1.29 is 45.7 Å². The lowest BCUT2D eigenvalue weighted by Gasteiger charge is -2.24. The highest BCUT2D eigenvalue weighted by molar-refractivity contribution is 6.18. The van der Waals surface area contributed by atoms with Crippen LogP contribution in [0.5, 0.6) is 11.5 Å². The molecule has 0 aromatic heterocycles. The van der Waals surface area contributed by atoms with Crippen LogP contribution >= 0.6 is 11.6 Å². The number of alkyl halides is 7. The van der Waals surface area contributed by atoms with E-state index in [-0.39, 0.29) is 18.0 Å². The number of halogens is 7. The van der Waals surface area contributed by atoms with Crippen LogP contribution in [0.3, 0.4) is 0 Å². The number of hydrogen-bond donors (Lipinski definition) is 1. The van der Waals surface area contributed by atoms with Gasteiger partial charge >= 0.3 is 12.4 Å². The maximum Gasteiger partial charge on any atom is 0.416 e. The van der Waals surface area contributed by atoms with E-state index in [9.17, 15) is 26.3 Å². The average molecular weight is 767 g/mol. The summed E-state index contributed by atoms with van der Waals surface area (Å²) in [5, 5.41) is 8.66. The van der Waals surface area contributed by atoms with Gasteiger partial charge < -0.3 is 19.3 Å². The lowest BCUT2D eigenvalue weighted by Crippen LogP contribution is -2.34. The number of rotatable bonds is 8. The van der Waals surface area contributed by atoms with Gasteiger partial charge in [0, 0.05) is 58.4 Å². The first kappa shape index (κ1) is 41.9. The highest BCUT2D eigenvalue weighted by atomic mass is 35.5. The number of phenols is 1. The minimum atomic E-state index is -4.33. The van der Waals surface area contributed by atoms with Crippen LogP contribution in [-0.4, -0.2) is 79.0 Å². The minimum Gasteiger partial charge on any atom is -0.508 e. The van der Waals surface area contributed by atoms with Gasteiger partial charge in [0.05, 0.1) is 17.2 Å². The Morgan fingerprint density at radius 3 is 1.51 bits per heavy atom. The molecule has 0 spiro atoms. The summed E-state index contributed by atoms with van der Waals surface area (Å²) in [5.74, 6) is 0.837. The molecule has 0 aliphatic carbocycles. The largest absolute Gasteiger partial charge is 0.508 e. The fourth-order valence-corrected chi connectivity index (χ4v) is 5.87. The van der Waals surface area contributed by atoms with Gasteiger partial charge in [-0.1, -0.05) is 60.7 Å². The molecule has 288 valence electrons. The molecule has 2 saturated heterocycles. The van der Waals surface area contributed by atoms with E-state index in [4.69, 9.17) is 30.9 Å². The smallest absolute Gasteiger partial charge is 0.416 e. The van der Waals surface area contributed by atoms with E-state index in [0.717, 1.165) is 95.1 Å². The standard InChI is InChI=1S/C20H22F3NO2.C13H18ClNO.C7H5F3O/c21-20(22,23)17-7-9-18(10-8-17)26-15-19-14-24(11-4-12-25-19)13-16-5-2-1-3-6-16;14-9-13-11-15(7-4-8-16-13)10-12-5-2-1-3-6-12;8-7(9,10)5-1-3-6(11)4-2-5/h1-3,5-10,19H,4,11-15H2;1-3,5-6,13H,4,7-11H2;1-4,11H. The quantitative estimate of drug-likeness (QED) is 0.143. The van der Waals surface area contributed by atoms with Crippen molar-refractivity contribution in [3.8, 4) is 11.5 Å². The van der Waals surface area contributed by atoms with Crippen molar-refractivity contribution in [2.24, 2.45) is 0 Å². The molecule has 4 aromatic carbocycles. The Kier molecular flexibility index (Phi) is 16.8. The van der Waals surface area contributed by atoms with Gasteiger partial charge in [0.25, 0.3) is 0 Å². The van der Waals surface area contributed by atoms with Crippen molar-refractivity contribution in [2.45, 2.75) is 50.5 Å². The summed E-state index contributed by atoms with van der Waals surface area (Å²) in [6, 6.07) is 29.2. The van der Waals surface area contributed by atoms with E-state index in [1.54, 1.807) is 0 Å². The number of phenolic OH excluding ortho intramolecular Hbond substituents is 1. The molecule has 2 fully saturated rings. The first-order chi connectivity index (χ1) is 25.4. The number of hydrogen-bond acceptors (Lipinski definition) is 6.